The number of rotatable bonds is 5. The molecule has 2 fully saturated rings. The summed E-state index contributed by atoms with van der Waals surface area (Å²) in [6.45, 7) is 5.58. The maximum atomic E-state index is 12.5. The minimum Gasteiger partial charge on any atom is -0.356 e. The zero-order valence-electron chi connectivity index (χ0n) is 16.5. The van der Waals surface area contributed by atoms with Crippen molar-refractivity contribution in [3.8, 4) is 0 Å². The second-order valence-corrected chi connectivity index (χ2v) is 7.68. The quantitative estimate of drug-likeness (QED) is 0.611. The van der Waals surface area contributed by atoms with Crippen molar-refractivity contribution in [3.63, 3.8) is 0 Å². The summed E-state index contributed by atoms with van der Waals surface area (Å²) in [4.78, 5) is 10.6. The third kappa shape index (κ3) is 6.38. The van der Waals surface area contributed by atoms with Gasteiger partial charge in [0.1, 0.15) is 0 Å². The summed E-state index contributed by atoms with van der Waals surface area (Å²) in [5, 5.41) is 3.38. The summed E-state index contributed by atoms with van der Waals surface area (Å²) >= 11 is 0. The van der Waals surface area contributed by atoms with E-state index in [1.165, 1.54) is 10.5 Å². The van der Waals surface area contributed by atoms with E-state index in [-0.39, 0.29) is 5.92 Å². The third-order valence-electron chi connectivity index (χ3n) is 5.45. The molecule has 2 heterocycles. The van der Waals surface area contributed by atoms with Gasteiger partial charge in [-0.25, -0.2) is 0 Å². The SMILES string of the molecule is CN=C(NCC1CCN(CC(F)(F)F)C1)N1CCN(Cc2ccccc2)CC1. The van der Waals surface area contributed by atoms with Gasteiger partial charge in [-0.3, -0.25) is 14.8 Å². The fraction of sp³-hybridized carbons (Fsp3) is 0.650. The van der Waals surface area contributed by atoms with Gasteiger partial charge in [-0.15, -0.1) is 0 Å². The van der Waals surface area contributed by atoms with Gasteiger partial charge in [-0.1, -0.05) is 30.3 Å². The van der Waals surface area contributed by atoms with Gasteiger partial charge in [-0.2, -0.15) is 13.2 Å². The molecule has 156 valence electrons. The molecule has 2 aliphatic heterocycles. The number of benzene rings is 1. The van der Waals surface area contributed by atoms with Crippen molar-refractivity contribution in [2.75, 3.05) is 59.4 Å². The van der Waals surface area contributed by atoms with Gasteiger partial charge in [0.25, 0.3) is 0 Å². The minimum absolute atomic E-state index is 0.235. The molecule has 1 atom stereocenters. The average Bonchev–Trinajstić information content (AvgIpc) is 3.10. The van der Waals surface area contributed by atoms with Crippen LogP contribution in [0.25, 0.3) is 0 Å². The van der Waals surface area contributed by atoms with E-state index in [0.29, 0.717) is 19.6 Å². The smallest absolute Gasteiger partial charge is 0.356 e. The van der Waals surface area contributed by atoms with Crippen LogP contribution in [0, 0.1) is 5.92 Å². The maximum absolute atomic E-state index is 12.5. The molecule has 28 heavy (non-hydrogen) atoms. The molecule has 1 unspecified atom stereocenters. The van der Waals surface area contributed by atoms with Gasteiger partial charge in [0.15, 0.2) is 5.96 Å². The molecule has 0 aromatic heterocycles. The predicted molar refractivity (Wildman–Crippen MR) is 105 cm³/mol. The van der Waals surface area contributed by atoms with Crippen molar-refractivity contribution in [2.24, 2.45) is 10.9 Å². The Morgan fingerprint density at radius 3 is 2.43 bits per heavy atom. The second-order valence-electron chi connectivity index (χ2n) is 7.68. The molecule has 1 aromatic carbocycles. The highest BCUT2D eigenvalue weighted by Crippen LogP contribution is 2.22. The molecular weight excluding hydrogens is 367 g/mol. The lowest BCUT2D eigenvalue weighted by molar-refractivity contribution is -0.143. The molecule has 0 spiro atoms. The van der Waals surface area contributed by atoms with Crippen LogP contribution in [0.2, 0.25) is 0 Å². The average molecular weight is 397 g/mol. The zero-order chi connectivity index (χ0) is 20.0. The first-order chi connectivity index (χ1) is 13.4. The molecule has 1 aromatic rings. The fourth-order valence-electron chi connectivity index (χ4n) is 4.00. The fourth-order valence-corrected chi connectivity index (χ4v) is 4.00. The molecule has 1 N–H and O–H groups in total. The molecule has 2 aliphatic rings. The molecule has 8 heteroatoms. The highest BCUT2D eigenvalue weighted by molar-refractivity contribution is 5.80. The van der Waals surface area contributed by atoms with Gasteiger partial charge in [-0.05, 0) is 24.4 Å². The molecule has 3 rings (SSSR count). The second kappa shape index (κ2) is 9.60. The summed E-state index contributed by atoms with van der Waals surface area (Å²) in [6, 6.07) is 10.5. The first-order valence-corrected chi connectivity index (χ1v) is 9.94. The van der Waals surface area contributed by atoms with Crippen LogP contribution in [0.4, 0.5) is 13.2 Å². The van der Waals surface area contributed by atoms with Crippen LogP contribution in [0.15, 0.2) is 35.3 Å². The zero-order valence-corrected chi connectivity index (χ0v) is 16.5. The summed E-state index contributed by atoms with van der Waals surface area (Å²) in [5.74, 6) is 1.09. The first kappa shape index (κ1) is 20.9. The van der Waals surface area contributed by atoms with Crippen LogP contribution in [0.1, 0.15) is 12.0 Å². The van der Waals surface area contributed by atoms with E-state index in [4.69, 9.17) is 0 Å². The van der Waals surface area contributed by atoms with Crippen LogP contribution in [0.5, 0.6) is 0 Å². The Morgan fingerprint density at radius 2 is 1.79 bits per heavy atom. The van der Waals surface area contributed by atoms with Crippen LogP contribution in [-0.2, 0) is 6.54 Å². The number of hydrogen-bond donors (Lipinski definition) is 1. The van der Waals surface area contributed by atoms with Crippen LogP contribution in [0.3, 0.4) is 0 Å². The van der Waals surface area contributed by atoms with Crippen molar-refractivity contribution < 1.29 is 13.2 Å². The van der Waals surface area contributed by atoms with E-state index < -0.39 is 12.7 Å². The highest BCUT2D eigenvalue weighted by atomic mass is 19.4. The lowest BCUT2D eigenvalue weighted by atomic mass is 10.1. The van der Waals surface area contributed by atoms with E-state index in [9.17, 15) is 13.2 Å². The topological polar surface area (TPSA) is 34.1 Å². The molecule has 0 aliphatic carbocycles. The number of likely N-dealkylation sites (tertiary alicyclic amines) is 1. The minimum atomic E-state index is -4.11. The summed E-state index contributed by atoms with van der Waals surface area (Å²) in [6.07, 6.45) is -3.32. The lowest BCUT2D eigenvalue weighted by Gasteiger charge is -2.36. The number of guanidine groups is 1. The molecule has 2 saturated heterocycles. The lowest BCUT2D eigenvalue weighted by Crippen LogP contribution is -2.52. The van der Waals surface area contributed by atoms with E-state index in [0.717, 1.165) is 45.1 Å². The number of nitrogens with zero attached hydrogens (tertiary/aromatic N) is 4. The molecule has 0 bridgehead atoms. The van der Waals surface area contributed by atoms with E-state index in [1.54, 1.807) is 7.05 Å². The van der Waals surface area contributed by atoms with Crippen molar-refractivity contribution in [3.05, 3.63) is 35.9 Å². The summed E-state index contributed by atoms with van der Waals surface area (Å²) in [7, 11) is 1.77. The Hall–Kier alpha value is -1.80. The largest absolute Gasteiger partial charge is 0.401 e. The molecular formula is C20H30F3N5. The van der Waals surface area contributed by atoms with Gasteiger partial charge in [0, 0.05) is 52.9 Å². The van der Waals surface area contributed by atoms with Crippen LogP contribution in [-0.4, -0.2) is 86.2 Å². The highest BCUT2D eigenvalue weighted by Gasteiger charge is 2.34. The first-order valence-electron chi connectivity index (χ1n) is 9.94. The Morgan fingerprint density at radius 1 is 1.07 bits per heavy atom. The van der Waals surface area contributed by atoms with Crippen molar-refractivity contribution in [1.82, 2.24) is 20.0 Å². The standard InChI is InChI=1S/C20H30F3N5/c1-24-19(25-13-18-7-8-27(15-18)16-20(21,22)23)28-11-9-26(10-12-28)14-17-5-3-2-4-6-17/h2-6,18H,7-16H2,1H3,(H,24,25). The Bertz CT molecular complexity index is 626. The maximum Gasteiger partial charge on any atom is 0.401 e. The van der Waals surface area contributed by atoms with Crippen LogP contribution >= 0.6 is 0 Å². The van der Waals surface area contributed by atoms with Gasteiger partial charge < -0.3 is 10.2 Å². The van der Waals surface area contributed by atoms with Gasteiger partial charge >= 0.3 is 6.18 Å². The number of alkyl halides is 3. The number of aliphatic imine (C=N–C) groups is 1. The van der Waals surface area contributed by atoms with E-state index in [2.05, 4.69) is 44.4 Å². The number of nitrogens with one attached hydrogen (secondary N) is 1. The Kier molecular flexibility index (Phi) is 7.18. The molecule has 0 saturated carbocycles. The molecule has 0 amide bonds. The van der Waals surface area contributed by atoms with E-state index >= 15 is 0 Å². The van der Waals surface area contributed by atoms with Crippen molar-refractivity contribution in [1.29, 1.82) is 0 Å². The van der Waals surface area contributed by atoms with Crippen LogP contribution < -0.4 is 5.32 Å². The van der Waals surface area contributed by atoms with Crippen molar-refractivity contribution in [2.45, 2.75) is 19.1 Å². The Balaban J connectivity index is 1.39. The number of halogens is 3. The number of piperazine rings is 1. The summed E-state index contributed by atoms with van der Waals surface area (Å²) in [5.41, 5.74) is 1.32. The molecule has 5 nitrogen and oxygen atoms in total. The number of hydrogen-bond acceptors (Lipinski definition) is 3. The third-order valence-corrected chi connectivity index (χ3v) is 5.45. The Labute approximate surface area is 165 Å². The van der Waals surface area contributed by atoms with Crippen molar-refractivity contribution >= 4 is 5.96 Å². The molecule has 0 radical (unpaired) electrons. The summed E-state index contributed by atoms with van der Waals surface area (Å²) < 4.78 is 37.6. The van der Waals surface area contributed by atoms with Gasteiger partial charge in [0.05, 0.1) is 6.54 Å². The van der Waals surface area contributed by atoms with E-state index in [1.807, 2.05) is 6.07 Å². The predicted octanol–water partition coefficient (Wildman–Crippen LogP) is 2.26. The van der Waals surface area contributed by atoms with Gasteiger partial charge in [0.2, 0.25) is 0 Å². The monoisotopic (exact) mass is 397 g/mol. The normalized spacial score (nSPS) is 22.6.